The lowest BCUT2D eigenvalue weighted by molar-refractivity contribution is -0.136. The van der Waals surface area contributed by atoms with Crippen LogP contribution in [0.1, 0.15) is 28.1 Å². The third-order valence-electron chi connectivity index (χ3n) is 3.26. The molecule has 0 fully saturated rings. The van der Waals surface area contributed by atoms with Crippen molar-refractivity contribution in [2.45, 2.75) is 20.3 Å². The number of carboxylic acid groups (broad SMARTS) is 1. The molecule has 0 saturated heterocycles. The van der Waals surface area contributed by atoms with Gasteiger partial charge in [0.15, 0.2) is 5.76 Å². The lowest BCUT2D eigenvalue weighted by Crippen LogP contribution is -2.33. The second kappa shape index (κ2) is 6.26. The highest BCUT2D eigenvalue weighted by Crippen LogP contribution is 2.23. The summed E-state index contributed by atoms with van der Waals surface area (Å²) in [5, 5.41) is 8.88. The molecule has 0 aliphatic heterocycles. The van der Waals surface area contributed by atoms with E-state index in [0.717, 1.165) is 11.1 Å². The highest BCUT2D eigenvalue weighted by atomic mass is 16.4. The maximum Gasteiger partial charge on any atom is 0.305 e. The standard InChI is InChI=1S/C16H17NO4/c1-11-5-3-4-6-13(11)17(9-7-14(18)19)16(20)15-12(2)8-10-21-15/h3-6,8,10H,7,9H2,1-2H3,(H,18,19). The number of furan rings is 1. The number of hydrogen-bond donors (Lipinski definition) is 1. The van der Waals surface area contributed by atoms with E-state index in [1.165, 1.54) is 11.2 Å². The van der Waals surface area contributed by atoms with Gasteiger partial charge in [-0.25, -0.2) is 0 Å². The van der Waals surface area contributed by atoms with Crippen LogP contribution in [-0.4, -0.2) is 23.5 Å². The zero-order valence-corrected chi connectivity index (χ0v) is 12.0. The summed E-state index contributed by atoms with van der Waals surface area (Å²) in [4.78, 5) is 24.9. The SMILES string of the molecule is Cc1ccccc1N(CCC(=O)O)C(=O)c1occc1C. The van der Waals surface area contributed by atoms with Crippen molar-refractivity contribution in [1.82, 2.24) is 0 Å². The van der Waals surface area contributed by atoms with Gasteiger partial charge in [0.05, 0.1) is 12.7 Å². The van der Waals surface area contributed by atoms with E-state index < -0.39 is 5.97 Å². The average Bonchev–Trinajstić information content (AvgIpc) is 2.86. The Morgan fingerprint density at radius 2 is 1.86 bits per heavy atom. The molecular formula is C16H17NO4. The second-order valence-corrected chi connectivity index (χ2v) is 4.82. The highest BCUT2D eigenvalue weighted by molar-refractivity contribution is 6.05. The predicted molar refractivity (Wildman–Crippen MR) is 78.6 cm³/mol. The Labute approximate surface area is 122 Å². The van der Waals surface area contributed by atoms with Crippen molar-refractivity contribution in [1.29, 1.82) is 0 Å². The molecule has 1 heterocycles. The van der Waals surface area contributed by atoms with E-state index in [9.17, 15) is 9.59 Å². The number of aliphatic carboxylic acids is 1. The lowest BCUT2D eigenvalue weighted by atomic mass is 10.1. The van der Waals surface area contributed by atoms with Gasteiger partial charge in [0, 0.05) is 17.8 Å². The van der Waals surface area contributed by atoms with E-state index in [2.05, 4.69) is 0 Å². The van der Waals surface area contributed by atoms with Crippen LogP contribution in [0.4, 0.5) is 5.69 Å². The summed E-state index contributed by atoms with van der Waals surface area (Å²) in [7, 11) is 0. The van der Waals surface area contributed by atoms with Crippen molar-refractivity contribution in [2.24, 2.45) is 0 Å². The van der Waals surface area contributed by atoms with Gasteiger partial charge in [-0.2, -0.15) is 0 Å². The first-order chi connectivity index (χ1) is 10.0. The third-order valence-corrected chi connectivity index (χ3v) is 3.26. The van der Waals surface area contributed by atoms with Gasteiger partial charge >= 0.3 is 5.97 Å². The first-order valence-electron chi connectivity index (χ1n) is 6.64. The molecule has 0 radical (unpaired) electrons. The number of benzene rings is 1. The lowest BCUT2D eigenvalue weighted by Gasteiger charge is -2.23. The number of para-hydroxylation sites is 1. The summed E-state index contributed by atoms with van der Waals surface area (Å²) < 4.78 is 5.24. The average molecular weight is 287 g/mol. The predicted octanol–water partition coefficient (Wildman–Crippen LogP) is 3.02. The van der Waals surface area contributed by atoms with Gasteiger partial charge in [0.2, 0.25) is 0 Å². The van der Waals surface area contributed by atoms with Crippen molar-refractivity contribution in [3.05, 3.63) is 53.5 Å². The van der Waals surface area contributed by atoms with Gasteiger partial charge in [0.1, 0.15) is 0 Å². The smallest absolute Gasteiger partial charge is 0.305 e. The number of carbonyl (C=O) groups is 2. The van der Waals surface area contributed by atoms with Crippen LogP contribution in [0.25, 0.3) is 0 Å². The zero-order valence-electron chi connectivity index (χ0n) is 12.0. The van der Waals surface area contributed by atoms with E-state index in [0.29, 0.717) is 5.69 Å². The van der Waals surface area contributed by atoms with Crippen LogP contribution in [0.15, 0.2) is 41.0 Å². The monoisotopic (exact) mass is 287 g/mol. The molecule has 5 heteroatoms. The van der Waals surface area contributed by atoms with Crippen LogP contribution in [0.2, 0.25) is 0 Å². The Morgan fingerprint density at radius 3 is 2.43 bits per heavy atom. The Morgan fingerprint density at radius 1 is 1.14 bits per heavy atom. The van der Waals surface area contributed by atoms with E-state index in [-0.39, 0.29) is 24.6 Å². The van der Waals surface area contributed by atoms with Crippen LogP contribution in [0, 0.1) is 13.8 Å². The van der Waals surface area contributed by atoms with Crippen molar-refractivity contribution in [2.75, 3.05) is 11.4 Å². The number of carboxylic acids is 1. The molecule has 0 aliphatic rings. The molecule has 0 saturated carbocycles. The molecule has 1 amide bonds. The molecule has 1 aromatic heterocycles. The number of rotatable bonds is 5. The number of hydrogen-bond acceptors (Lipinski definition) is 3. The minimum atomic E-state index is -0.947. The molecule has 1 aromatic carbocycles. The first kappa shape index (κ1) is 14.8. The van der Waals surface area contributed by atoms with E-state index in [1.807, 2.05) is 25.1 Å². The highest BCUT2D eigenvalue weighted by Gasteiger charge is 2.23. The second-order valence-electron chi connectivity index (χ2n) is 4.82. The molecule has 110 valence electrons. The number of carbonyl (C=O) groups excluding carboxylic acids is 1. The zero-order chi connectivity index (χ0) is 15.4. The largest absolute Gasteiger partial charge is 0.481 e. The summed E-state index contributed by atoms with van der Waals surface area (Å²) in [5.74, 6) is -1.03. The molecule has 0 aliphatic carbocycles. The molecular weight excluding hydrogens is 270 g/mol. The van der Waals surface area contributed by atoms with Gasteiger partial charge in [-0.1, -0.05) is 18.2 Å². The summed E-state index contributed by atoms with van der Waals surface area (Å²) in [6.07, 6.45) is 1.33. The van der Waals surface area contributed by atoms with Crippen LogP contribution in [-0.2, 0) is 4.79 Å². The van der Waals surface area contributed by atoms with E-state index in [1.54, 1.807) is 19.1 Å². The van der Waals surface area contributed by atoms with Gasteiger partial charge < -0.3 is 14.4 Å². The fraction of sp³-hybridized carbons (Fsp3) is 0.250. The van der Waals surface area contributed by atoms with E-state index >= 15 is 0 Å². The van der Waals surface area contributed by atoms with E-state index in [4.69, 9.17) is 9.52 Å². The molecule has 0 unspecified atom stereocenters. The molecule has 0 spiro atoms. The summed E-state index contributed by atoms with van der Waals surface area (Å²) >= 11 is 0. The third kappa shape index (κ3) is 3.31. The summed E-state index contributed by atoms with van der Waals surface area (Å²) in [6, 6.07) is 9.08. The Hall–Kier alpha value is -2.56. The Kier molecular flexibility index (Phi) is 4.42. The summed E-state index contributed by atoms with van der Waals surface area (Å²) in [5.41, 5.74) is 2.33. The maximum atomic E-state index is 12.6. The number of nitrogens with zero attached hydrogens (tertiary/aromatic N) is 1. The van der Waals surface area contributed by atoms with Gasteiger partial charge in [-0.15, -0.1) is 0 Å². The molecule has 2 rings (SSSR count). The maximum absolute atomic E-state index is 12.6. The molecule has 0 bridgehead atoms. The normalized spacial score (nSPS) is 10.4. The quantitative estimate of drug-likeness (QED) is 0.917. The molecule has 21 heavy (non-hydrogen) atoms. The van der Waals surface area contributed by atoms with Crippen molar-refractivity contribution >= 4 is 17.6 Å². The minimum absolute atomic E-state index is 0.0964. The Balaban J connectivity index is 2.37. The van der Waals surface area contributed by atoms with Gasteiger partial charge in [-0.3, -0.25) is 9.59 Å². The Bertz CT molecular complexity index is 660. The minimum Gasteiger partial charge on any atom is -0.481 e. The molecule has 2 aromatic rings. The van der Waals surface area contributed by atoms with Gasteiger partial charge in [0.25, 0.3) is 5.91 Å². The number of amides is 1. The van der Waals surface area contributed by atoms with Crippen LogP contribution in [0.5, 0.6) is 0 Å². The first-order valence-corrected chi connectivity index (χ1v) is 6.64. The van der Waals surface area contributed by atoms with Crippen LogP contribution >= 0.6 is 0 Å². The summed E-state index contributed by atoms with van der Waals surface area (Å²) in [6.45, 7) is 3.76. The van der Waals surface area contributed by atoms with Gasteiger partial charge in [-0.05, 0) is 31.5 Å². The fourth-order valence-electron chi connectivity index (χ4n) is 2.12. The topological polar surface area (TPSA) is 70.8 Å². The molecule has 0 atom stereocenters. The van der Waals surface area contributed by atoms with Crippen molar-refractivity contribution in [3.63, 3.8) is 0 Å². The number of anilines is 1. The number of aryl methyl sites for hydroxylation is 2. The molecule has 1 N–H and O–H groups in total. The fourth-order valence-corrected chi connectivity index (χ4v) is 2.12. The van der Waals surface area contributed by atoms with Crippen molar-refractivity contribution in [3.8, 4) is 0 Å². The van der Waals surface area contributed by atoms with Crippen LogP contribution in [0.3, 0.4) is 0 Å². The van der Waals surface area contributed by atoms with Crippen LogP contribution < -0.4 is 4.90 Å². The molecule has 5 nitrogen and oxygen atoms in total. The van der Waals surface area contributed by atoms with Crippen molar-refractivity contribution < 1.29 is 19.1 Å².